The maximum Gasteiger partial charge on any atom is 0.261 e. The second kappa shape index (κ2) is 6.88. The smallest absolute Gasteiger partial charge is 0.261 e. The summed E-state index contributed by atoms with van der Waals surface area (Å²) in [5.74, 6) is 1.61. The van der Waals surface area contributed by atoms with E-state index in [1.165, 1.54) is 0 Å². The molecule has 1 amide bonds. The molecule has 2 aromatic rings. The lowest BCUT2D eigenvalue weighted by Gasteiger charge is -2.32. The van der Waals surface area contributed by atoms with E-state index < -0.39 is 6.10 Å². The normalized spacial score (nSPS) is 25.2. The molecule has 25 heavy (non-hydrogen) atoms. The highest BCUT2D eigenvalue weighted by atomic mass is 16.5. The zero-order chi connectivity index (χ0) is 17.2. The predicted molar refractivity (Wildman–Crippen MR) is 92.3 cm³/mol. The molecule has 1 saturated heterocycles. The largest absolute Gasteiger partial charge is 0.480 e. The summed E-state index contributed by atoms with van der Waals surface area (Å²) in [6.07, 6.45) is 5.48. The molecule has 6 nitrogen and oxygen atoms in total. The van der Waals surface area contributed by atoms with Crippen LogP contribution in [0.25, 0.3) is 0 Å². The summed E-state index contributed by atoms with van der Waals surface area (Å²) in [5, 5.41) is 3.14. The van der Waals surface area contributed by atoms with E-state index in [9.17, 15) is 4.79 Å². The highest BCUT2D eigenvalue weighted by Crippen LogP contribution is 2.30. The van der Waals surface area contributed by atoms with Crippen molar-refractivity contribution in [2.45, 2.75) is 51.0 Å². The molecule has 1 unspecified atom stereocenters. The van der Waals surface area contributed by atoms with E-state index in [1.54, 1.807) is 6.20 Å². The summed E-state index contributed by atoms with van der Waals surface area (Å²) in [6.45, 7) is 3.60. The van der Waals surface area contributed by atoms with Crippen LogP contribution in [0.5, 0.6) is 5.75 Å². The molecule has 132 valence electrons. The van der Waals surface area contributed by atoms with Crippen LogP contribution < -0.4 is 10.1 Å². The Hall–Kier alpha value is -2.34. The van der Waals surface area contributed by atoms with Crippen molar-refractivity contribution in [2.24, 2.45) is 0 Å². The number of amides is 1. The van der Waals surface area contributed by atoms with Crippen LogP contribution in [0, 0.1) is 0 Å². The molecule has 0 bridgehead atoms. The number of carbonyl (C=O) groups is 1. The highest BCUT2D eigenvalue weighted by molar-refractivity contribution is 5.82. The van der Waals surface area contributed by atoms with E-state index in [2.05, 4.69) is 21.8 Å². The Labute approximate surface area is 147 Å². The van der Waals surface area contributed by atoms with Crippen molar-refractivity contribution < 1.29 is 14.3 Å². The van der Waals surface area contributed by atoms with Gasteiger partial charge in [-0.15, -0.1) is 0 Å². The second-order valence-electron chi connectivity index (χ2n) is 6.54. The predicted octanol–water partition coefficient (Wildman–Crippen LogP) is 2.24. The fourth-order valence-electron chi connectivity index (χ4n) is 3.63. The summed E-state index contributed by atoms with van der Waals surface area (Å²) >= 11 is 0. The first-order valence-corrected chi connectivity index (χ1v) is 8.94. The molecule has 2 aliphatic heterocycles. The van der Waals surface area contributed by atoms with Gasteiger partial charge in [-0.3, -0.25) is 4.79 Å². The number of para-hydroxylation sites is 1. The van der Waals surface area contributed by atoms with Crippen molar-refractivity contribution >= 4 is 5.91 Å². The Morgan fingerprint density at radius 3 is 3.12 bits per heavy atom. The number of benzene rings is 1. The lowest BCUT2D eigenvalue weighted by molar-refractivity contribution is -0.130. The van der Waals surface area contributed by atoms with Crippen LogP contribution in [0.4, 0.5) is 0 Å². The summed E-state index contributed by atoms with van der Waals surface area (Å²) < 4.78 is 13.8. The first-order chi connectivity index (χ1) is 12.3. The van der Waals surface area contributed by atoms with Gasteiger partial charge in [0.15, 0.2) is 6.10 Å². The Balaban J connectivity index is 1.46. The van der Waals surface area contributed by atoms with Crippen LogP contribution in [0.1, 0.15) is 37.3 Å². The van der Waals surface area contributed by atoms with E-state index in [0.717, 1.165) is 36.5 Å². The Morgan fingerprint density at radius 2 is 2.28 bits per heavy atom. The fourth-order valence-corrected chi connectivity index (χ4v) is 3.63. The highest BCUT2D eigenvalue weighted by Gasteiger charge is 2.35. The molecule has 6 heteroatoms. The Morgan fingerprint density at radius 1 is 1.40 bits per heavy atom. The van der Waals surface area contributed by atoms with Crippen molar-refractivity contribution in [3.8, 4) is 5.75 Å². The third-order valence-electron chi connectivity index (χ3n) is 4.93. The first-order valence-electron chi connectivity index (χ1n) is 8.94. The van der Waals surface area contributed by atoms with Crippen LogP contribution in [0.15, 0.2) is 36.7 Å². The van der Waals surface area contributed by atoms with E-state index >= 15 is 0 Å². The molecule has 1 aromatic heterocycles. The number of hydrogen-bond donors (Lipinski definition) is 1. The summed E-state index contributed by atoms with van der Waals surface area (Å²) in [6, 6.07) is 7.73. The van der Waals surface area contributed by atoms with Crippen molar-refractivity contribution in [2.75, 3.05) is 6.61 Å². The SMILES string of the molecule is CCn1ccnc1[C@H]1OCCC[C@@H]1NC(=O)C1Cc2ccccc2O1. The third-order valence-corrected chi connectivity index (χ3v) is 4.93. The number of carbonyl (C=O) groups excluding carboxylic acids is 1. The van der Waals surface area contributed by atoms with Crippen LogP contribution >= 0.6 is 0 Å². The molecule has 3 atom stereocenters. The second-order valence-corrected chi connectivity index (χ2v) is 6.54. The van der Waals surface area contributed by atoms with Gasteiger partial charge in [-0.25, -0.2) is 4.98 Å². The number of ether oxygens (including phenoxy) is 2. The third kappa shape index (κ3) is 3.14. The minimum Gasteiger partial charge on any atom is -0.480 e. The number of rotatable bonds is 4. The van der Waals surface area contributed by atoms with Crippen molar-refractivity contribution in [3.63, 3.8) is 0 Å². The zero-order valence-corrected chi connectivity index (χ0v) is 14.4. The van der Waals surface area contributed by atoms with Gasteiger partial charge in [0.2, 0.25) is 0 Å². The average molecular weight is 341 g/mol. The lowest BCUT2D eigenvalue weighted by atomic mass is 10.0. The molecule has 0 aliphatic carbocycles. The molecule has 4 rings (SSSR count). The number of aryl methyl sites for hydroxylation is 1. The number of hydrogen-bond acceptors (Lipinski definition) is 4. The van der Waals surface area contributed by atoms with Crippen LogP contribution in [0.3, 0.4) is 0 Å². The number of imidazole rings is 1. The minimum atomic E-state index is -0.467. The van der Waals surface area contributed by atoms with Crippen LogP contribution in [-0.2, 0) is 22.5 Å². The molecule has 1 N–H and O–H groups in total. The van der Waals surface area contributed by atoms with Gasteiger partial charge in [-0.1, -0.05) is 18.2 Å². The molecule has 3 heterocycles. The van der Waals surface area contributed by atoms with Gasteiger partial charge in [0.05, 0.1) is 6.04 Å². The lowest BCUT2D eigenvalue weighted by Crippen LogP contribution is -2.48. The van der Waals surface area contributed by atoms with Gasteiger partial charge in [0.25, 0.3) is 5.91 Å². The number of aromatic nitrogens is 2. The van der Waals surface area contributed by atoms with Crippen molar-refractivity contribution in [1.82, 2.24) is 14.9 Å². The van der Waals surface area contributed by atoms with Gasteiger partial charge in [-0.05, 0) is 31.4 Å². The van der Waals surface area contributed by atoms with Gasteiger partial charge in [-0.2, -0.15) is 0 Å². The summed E-state index contributed by atoms with van der Waals surface area (Å²) in [7, 11) is 0. The molecule has 0 saturated carbocycles. The quantitative estimate of drug-likeness (QED) is 0.926. The van der Waals surface area contributed by atoms with E-state index in [0.29, 0.717) is 13.0 Å². The molecule has 1 aromatic carbocycles. The topological polar surface area (TPSA) is 65.4 Å². The standard InChI is InChI=1S/C19H23N3O3/c1-2-22-10-9-20-18(22)17-14(7-5-11-24-17)21-19(23)16-12-13-6-3-4-8-15(13)25-16/h3-4,6,8-10,14,16-17H,2,5,7,11-12H2,1H3,(H,21,23)/t14-,16?,17-/m0/s1. The molecule has 1 fully saturated rings. The molecule has 2 aliphatic rings. The van der Waals surface area contributed by atoms with Crippen molar-refractivity contribution in [1.29, 1.82) is 0 Å². The van der Waals surface area contributed by atoms with Gasteiger partial charge >= 0.3 is 0 Å². The van der Waals surface area contributed by atoms with Gasteiger partial charge < -0.3 is 19.4 Å². The van der Waals surface area contributed by atoms with Crippen molar-refractivity contribution in [3.05, 3.63) is 48.0 Å². The van der Waals surface area contributed by atoms with Crippen LogP contribution in [0.2, 0.25) is 0 Å². The monoisotopic (exact) mass is 341 g/mol. The molecule has 0 spiro atoms. The zero-order valence-electron chi connectivity index (χ0n) is 14.4. The molecule has 0 radical (unpaired) electrons. The summed E-state index contributed by atoms with van der Waals surface area (Å²) in [5.41, 5.74) is 1.08. The van der Waals surface area contributed by atoms with Gasteiger partial charge in [0, 0.05) is 32.0 Å². The van der Waals surface area contributed by atoms with Gasteiger partial charge in [0.1, 0.15) is 17.7 Å². The maximum absolute atomic E-state index is 12.7. The van der Waals surface area contributed by atoms with E-state index in [-0.39, 0.29) is 18.1 Å². The number of nitrogens with one attached hydrogen (secondary N) is 1. The maximum atomic E-state index is 12.7. The Kier molecular flexibility index (Phi) is 4.44. The van der Waals surface area contributed by atoms with E-state index in [1.807, 2.05) is 30.5 Å². The number of nitrogens with zero attached hydrogens (tertiary/aromatic N) is 2. The molecular formula is C19H23N3O3. The average Bonchev–Trinajstić information content (AvgIpc) is 3.28. The summed E-state index contributed by atoms with van der Waals surface area (Å²) in [4.78, 5) is 17.2. The number of fused-ring (bicyclic) bond motifs is 1. The Bertz CT molecular complexity index is 733. The first kappa shape index (κ1) is 16.1. The minimum absolute atomic E-state index is 0.0775. The van der Waals surface area contributed by atoms with Crippen LogP contribution in [-0.4, -0.2) is 34.2 Å². The van der Waals surface area contributed by atoms with E-state index in [4.69, 9.17) is 9.47 Å². The fraction of sp³-hybridized carbons (Fsp3) is 0.474. The molecular weight excluding hydrogens is 318 g/mol.